The summed E-state index contributed by atoms with van der Waals surface area (Å²) in [5.41, 5.74) is 6.30. The van der Waals surface area contributed by atoms with Gasteiger partial charge < -0.3 is 20.7 Å². The lowest BCUT2D eigenvalue weighted by atomic mass is 10.2. The summed E-state index contributed by atoms with van der Waals surface area (Å²) in [5.74, 6) is -1.23. The minimum atomic E-state index is -2.94. The SMILES string of the molecule is CCN(CCC(=O)Nc1ccc(C(N)=O)cc1)C(=O)c1ccc(OC(F)F)cc1. The summed E-state index contributed by atoms with van der Waals surface area (Å²) in [5, 5.41) is 2.68. The molecule has 3 amide bonds. The number of amides is 3. The average molecular weight is 405 g/mol. The molecule has 0 spiro atoms. The number of nitrogens with one attached hydrogen (secondary N) is 1. The van der Waals surface area contributed by atoms with E-state index in [0.717, 1.165) is 0 Å². The summed E-state index contributed by atoms with van der Waals surface area (Å²) in [4.78, 5) is 37.2. The Morgan fingerprint density at radius 1 is 1.03 bits per heavy atom. The van der Waals surface area contributed by atoms with Crippen LogP contribution in [0.4, 0.5) is 14.5 Å². The van der Waals surface area contributed by atoms with Crippen LogP contribution in [-0.2, 0) is 4.79 Å². The quantitative estimate of drug-likeness (QED) is 0.670. The highest BCUT2D eigenvalue weighted by atomic mass is 19.3. The lowest BCUT2D eigenvalue weighted by Crippen LogP contribution is -2.33. The molecule has 9 heteroatoms. The van der Waals surface area contributed by atoms with Crippen LogP contribution in [-0.4, -0.2) is 42.3 Å². The first-order chi connectivity index (χ1) is 13.8. The second kappa shape index (κ2) is 10.2. The van der Waals surface area contributed by atoms with Gasteiger partial charge in [0, 0.05) is 36.3 Å². The summed E-state index contributed by atoms with van der Waals surface area (Å²) in [6.45, 7) is -0.619. The molecule has 0 radical (unpaired) electrons. The number of ether oxygens (including phenoxy) is 1. The van der Waals surface area contributed by atoms with Crippen molar-refractivity contribution >= 4 is 23.4 Å². The number of carbonyl (C=O) groups is 3. The van der Waals surface area contributed by atoms with Crippen LogP contribution in [0.1, 0.15) is 34.1 Å². The van der Waals surface area contributed by atoms with Crippen LogP contribution in [0.2, 0.25) is 0 Å². The minimum absolute atomic E-state index is 0.0404. The number of nitrogens with two attached hydrogens (primary N) is 1. The van der Waals surface area contributed by atoms with Gasteiger partial charge in [-0.1, -0.05) is 0 Å². The van der Waals surface area contributed by atoms with Crippen molar-refractivity contribution in [1.29, 1.82) is 0 Å². The number of benzene rings is 2. The summed E-state index contributed by atoms with van der Waals surface area (Å²) in [6, 6.07) is 11.5. The van der Waals surface area contributed by atoms with Gasteiger partial charge >= 0.3 is 6.61 Å². The van der Waals surface area contributed by atoms with Gasteiger partial charge in [-0.15, -0.1) is 0 Å². The fourth-order valence-corrected chi connectivity index (χ4v) is 2.54. The summed E-state index contributed by atoms with van der Waals surface area (Å²) >= 11 is 0. The second-order valence-corrected chi connectivity index (χ2v) is 6.03. The maximum absolute atomic E-state index is 12.5. The van der Waals surface area contributed by atoms with E-state index in [1.54, 1.807) is 19.1 Å². The van der Waals surface area contributed by atoms with E-state index in [4.69, 9.17) is 5.73 Å². The largest absolute Gasteiger partial charge is 0.435 e. The Balaban J connectivity index is 1.90. The Labute approximate surface area is 166 Å². The summed E-state index contributed by atoms with van der Waals surface area (Å²) < 4.78 is 28.6. The smallest absolute Gasteiger partial charge is 0.387 e. The van der Waals surface area contributed by atoms with Crippen molar-refractivity contribution in [3.05, 3.63) is 59.7 Å². The highest BCUT2D eigenvalue weighted by molar-refractivity contribution is 5.96. The Morgan fingerprint density at radius 3 is 2.14 bits per heavy atom. The molecular formula is C20H21F2N3O4. The molecule has 0 heterocycles. The molecule has 0 saturated carbocycles. The van der Waals surface area contributed by atoms with E-state index in [2.05, 4.69) is 10.1 Å². The summed E-state index contributed by atoms with van der Waals surface area (Å²) in [6.07, 6.45) is 0.0593. The zero-order valence-corrected chi connectivity index (χ0v) is 15.7. The van der Waals surface area contributed by atoms with Gasteiger partial charge in [0.1, 0.15) is 5.75 Å². The number of carbonyl (C=O) groups excluding carboxylic acids is 3. The third kappa shape index (κ3) is 6.56. The number of anilines is 1. The molecule has 0 atom stereocenters. The molecule has 0 aliphatic heterocycles. The van der Waals surface area contributed by atoms with Gasteiger partial charge in [0.05, 0.1) is 0 Å². The van der Waals surface area contributed by atoms with Crippen LogP contribution >= 0.6 is 0 Å². The maximum Gasteiger partial charge on any atom is 0.387 e. The molecule has 0 saturated heterocycles. The number of nitrogens with zero attached hydrogens (tertiary/aromatic N) is 1. The normalized spacial score (nSPS) is 10.5. The lowest BCUT2D eigenvalue weighted by molar-refractivity contribution is -0.116. The summed E-state index contributed by atoms with van der Waals surface area (Å²) in [7, 11) is 0. The van der Waals surface area contributed by atoms with Crippen LogP contribution in [0.3, 0.4) is 0 Å². The highest BCUT2D eigenvalue weighted by Crippen LogP contribution is 2.16. The first-order valence-electron chi connectivity index (χ1n) is 8.84. The Bertz CT molecular complexity index is 855. The third-order valence-corrected chi connectivity index (χ3v) is 4.06. The first-order valence-corrected chi connectivity index (χ1v) is 8.84. The predicted molar refractivity (Wildman–Crippen MR) is 103 cm³/mol. The molecule has 2 rings (SSSR count). The fraction of sp³-hybridized carbons (Fsp3) is 0.250. The maximum atomic E-state index is 12.5. The molecule has 3 N–H and O–H groups in total. The van der Waals surface area contributed by atoms with E-state index >= 15 is 0 Å². The Kier molecular flexibility index (Phi) is 7.64. The second-order valence-electron chi connectivity index (χ2n) is 6.03. The fourth-order valence-electron chi connectivity index (χ4n) is 2.54. The molecule has 7 nitrogen and oxygen atoms in total. The Morgan fingerprint density at radius 2 is 1.62 bits per heavy atom. The van der Waals surface area contributed by atoms with E-state index in [1.165, 1.54) is 41.3 Å². The first kappa shape index (κ1) is 21.8. The van der Waals surface area contributed by atoms with Gasteiger partial charge in [-0.3, -0.25) is 14.4 Å². The number of halogens is 2. The number of primary amides is 1. The molecule has 0 unspecified atom stereocenters. The standard InChI is InChI=1S/C20H21F2N3O4/c1-2-25(19(28)14-5-9-16(10-6-14)29-20(21)22)12-11-17(26)24-15-7-3-13(4-8-15)18(23)27/h3-10,20H,2,11-12H2,1H3,(H2,23,27)(H,24,26). The monoisotopic (exact) mass is 405 g/mol. The number of alkyl halides is 2. The minimum Gasteiger partial charge on any atom is -0.435 e. The van der Waals surface area contributed by atoms with Crippen LogP contribution in [0.25, 0.3) is 0 Å². The van der Waals surface area contributed by atoms with E-state index in [-0.39, 0.29) is 30.5 Å². The predicted octanol–water partition coefficient (Wildman–Crippen LogP) is 2.88. The lowest BCUT2D eigenvalue weighted by Gasteiger charge is -2.21. The van der Waals surface area contributed by atoms with Gasteiger partial charge in [0.15, 0.2) is 0 Å². The molecular weight excluding hydrogens is 384 g/mol. The molecule has 0 aromatic heterocycles. The van der Waals surface area contributed by atoms with Crippen molar-refractivity contribution in [2.75, 3.05) is 18.4 Å². The van der Waals surface area contributed by atoms with Gasteiger partial charge in [0.25, 0.3) is 5.91 Å². The Hall–Kier alpha value is -3.49. The van der Waals surface area contributed by atoms with Crippen molar-refractivity contribution in [3.63, 3.8) is 0 Å². The molecule has 2 aromatic carbocycles. The van der Waals surface area contributed by atoms with E-state index < -0.39 is 12.5 Å². The third-order valence-electron chi connectivity index (χ3n) is 4.06. The molecule has 0 aliphatic rings. The molecule has 29 heavy (non-hydrogen) atoms. The van der Waals surface area contributed by atoms with Gasteiger partial charge in [0.2, 0.25) is 11.8 Å². The van der Waals surface area contributed by atoms with E-state index in [0.29, 0.717) is 23.4 Å². The number of rotatable bonds is 9. The highest BCUT2D eigenvalue weighted by Gasteiger charge is 2.16. The molecule has 0 fully saturated rings. The van der Waals surface area contributed by atoms with Crippen molar-refractivity contribution in [2.24, 2.45) is 5.73 Å². The van der Waals surface area contributed by atoms with Crippen molar-refractivity contribution in [2.45, 2.75) is 20.0 Å². The van der Waals surface area contributed by atoms with Crippen molar-refractivity contribution in [1.82, 2.24) is 4.90 Å². The van der Waals surface area contributed by atoms with Crippen LogP contribution in [0.5, 0.6) is 5.75 Å². The van der Waals surface area contributed by atoms with Crippen LogP contribution in [0.15, 0.2) is 48.5 Å². The zero-order valence-electron chi connectivity index (χ0n) is 15.7. The van der Waals surface area contributed by atoms with Crippen molar-refractivity contribution in [3.8, 4) is 5.75 Å². The van der Waals surface area contributed by atoms with Gasteiger partial charge in [-0.25, -0.2) is 0 Å². The topological polar surface area (TPSA) is 102 Å². The van der Waals surface area contributed by atoms with Gasteiger partial charge in [-0.05, 0) is 55.5 Å². The van der Waals surface area contributed by atoms with Crippen molar-refractivity contribution < 1.29 is 27.9 Å². The molecule has 0 aliphatic carbocycles. The van der Waals surface area contributed by atoms with Crippen LogP contribution in [0, 0.1) is 0 Å². The average Bonchev–Trinajstić information content (AvgIpc) is 2.68. The molecule has 2 aromatic rings. The number of hydrogen-bond acceptors (Lipinski definition) is 4. The van der Waals surface area contributed by atoms with E-state index in [1.807, 2.05) is 0 Å². The van der Waals surface area contributed by atoms with E-state index in [9.17, 15) is 23.2 Å². The van der Waals surface area contributed by atoms with Crippen LogP contribution < -0.4 is 15.8 Å². The molecule has 0 bridgehead atoms. The van der Waals surface area contributed by atoms with Gasteiger partial charge in [-0.2, -0.15) is 8.78 Å². The molecule has 154 valence electrons. The number of hydrogen-bond donors (Lipinski definition) is 2. The zero-order chi connectivity index (χ0) is 21.4.